The molecule has 6 aromatic rings. The molecule has 0 saturated heterocycles. The molecule has 0 atom stereocenters. The monoisotopic (exact) mass is 599 g/mol. The molecule has 1 aliphatic heterocycles. The third-order valence-electron chi connectivity index (χ3n) is 8.92. The molecule has 1 fully saturated rings. The SMILES string of the molecule is CC(C)c1cc2ncc3cc(-c4cccs4)c(-c4ccc([C@]5(N6C(=O)c7ccccc7C6=O)C[C@](C)(O)C5)cc4)nc3n2n1. The highest BCUT2D eigenvalue weighted by Crippen LogP contribution is 2.54. The maximum absolute atomic E-state index is 13.6. The second kappa shape index (κ2) is 9.38. The van der Waals surface area contributed by atoms with Crippen molar-refractivity contribution in [2.45, 2.75) is 50.7 Å². The number of benzene rings is 2. The molecule has 5 heterocycles. The van der Waals surface area contributed by atoms with Crippen molar-refractivity contribution >= 4 is 39.8 Å². The number of hydrogen-bond acceptors (Lipinski definition) is 7. The topological polar surface area (TPSA) is 101 Å². The van der Waals surface area contributed by atoms with Gasteiger partial charge in [0.15, 0.2) is 11.3 Å². The number of carbonyl (C=O) groups is 2. The number of nitrogens with zero attached hydrogens (tertiary/aromatic N) is 5. The van der Waals surface area contributed by atoms with E-state index in [2.05, 4.69) is 31.0 Å². The first-order valence-corrected chi connectivity index (χ1v) is 15.6. The van der Waals surface area contributed by atoms with Crippen LogP contribution < -0.4 is 0 Å². The normalized spacial score (nSPS) is 21.4. The summed E-state index contributed by atoms with van der Waals surface area (Å²) in [6.45, 7) is 5.96. The molecule has 1 saturated carbocycles. The molecule has 2 aliphatic rings. The summed E-state index contributed by atoms with van der Waals surface area (Å²) >= 11 is 1.64. The number of amides is 2. The van der Waals surface area contributed by atoms with E-state index in [0.29, 0.717) is 11.1 Å². The van der Waals surface area contributed by atoms with E-state index in [1.165, 1.54) is 4.90 Å². The Morgan fingerprint density at radius 2 is 1.61 bits per heavy atom. The van der Waals surface area contributed by atoms with Gasteiger partial charge in [-0.15, -0.1) is 11.3 Å². The van der Waals surface area contributed by atoms with E-state index in [1.807, 2.05) is 52.5 Å². The van der Waals surface area contributed by atoms with Crippen molar-refractivity contribution in [2.24, 2.45) is 0 Å². The summed E-state index contributed by atoms with van der Waals surface area (Å²) < 4.78 is 1.81. The summed E-state index contributed by atoms with van der Waals surface area (Å²) in [5.41, 5.74) is 4.79. The average molecular weight is 600 g/mol. The van der Waals surface area contributed by atoms with E-state index in [4.69, 9.17) is 10.1 Å². The van der Waals surface area contributed by atoms with Crippen LogP contribution in [0.25, 0.3) is 38.4 Å². The first-order valence-electron chi connectivity index (χ1n) is 14.7. The fourth-order valence-corrected chi connectivity index (χ4v) is 7.64. The fraction of sp³-hybridized carbons (Fsp3) is 0.229. The summed E-state index contributed by atoms with van der Waals surface area (Å²) in [6.07, 6.45) is 2.38. The number of imide groups is 1. The van der Waals surface area contributed by atoms with Crippen molar-refractivity contribution in [3.63, 3.8) is 0 Å². The molecular formula is C35H29N5O3S. The van der Waals surface area contributed by atoms with Crippen LogP contribution >= 0.6 is 11.3 Å². The summed E-state index contributed by atoms with van der Waals surface area (Å²) in [5, 5.41) is 18.6. The molecule has 8 nitrogen and oxygen atoms in total. The van der Waals surface area contributed by atoms with Crippen LogP contribution in [-0.2, 0) is 5.54 Å². The average Bonchev–Trinajstić information content (AvgIpc) is 3.75. The Balaban J connectivity index is 1.26. The summed E-state index contributed by atoms with van der Waals surface area (Å²) in [5.74, 6) is -0.385. The van der Waals surface area contributed by atoms with Crippen molar-refractivity contribution in [1.29, 1.82) is 0 Å². The Kier molecular flexibility index (Phi) is 5.73. The fourth-order valence-electron chi connectivity index (χ4n) is 6.89. The lowest BCUT2D eigenvalue weighted by Gasteiger charge is -2.55. The molecule has 2 amide bonds. The van der Waals surface area contributed by atoms with Gasteiger partial charge in [-0.2, -0.15) is 9.61 Å². The Morgan fingerprint density at radius 3 is 2.23 bits per heavy atom. The lowest BCUT2D eigenvalue weighted by atomic mass is 9.61. The zero-order valence-electron chi connectivity index (χ0n) is 24.5. The molecular weight excluding hydrogens is 570 g/mol. The van der Waals surface area contributed by atoms with E-state index in [-0.39, 0.29) is 30.6 Å². The van der Waals surface area contributed by atoms with Gasteiger partial charge in [0.2, 0.25) is 0 Å². The van der Waals surface area contributed by atoms with E-state index in [1.54, 1.807) is 42.5 Å². The first kappa shape index (κ1) is 26.9. The number of aliphatic hydroxyl groups is 1. The minimum absolute atomic E-state index is 0.255. The van der Waals surface area contributed by atoms with Gasteiger partial charge in [-0.3, -0.25) is 14.5 Å². The molecule has 4 aromatic heterocycles. The maximum atomic E-state index is 13.6. The predicted octanol–water partition coefficient (Wildman–Crippen LogP) is 6.83. The zero-order chi connectivity index (χ0) is 30.4. The van der Waals surface area contributed by atoms with Gasteiger partial charge in [0.1, 0.15) is 0 Å². The van der Waals surface area contributed by atoms with Crippen molar-refractivity contribution in [3.05, 3.63) is 107 Å². The number of pyridine rings is 1. The molecule has 9 heteroatoms. The molecule has 218 valence electrons. The highest BCUT2D eigenvalue weighted by atomic mass is 32.1. The number of rotatable bonds is 5. The van der Waals surface area contributed by atoms with E-state index >= 15 is 0 Å². The third-order valence-corrected chi connectivity index (χ3v) is 9.82. The Labute approximate surface area is 257 Å². The first-order chi connectivity index (χ1) is 21.1. The van der Waals surface area contributed by atoms with Gasteiger partial charge < -0.3 is 5.11 Å². The van der Waals surface area contributed by atoms with Crippen LogP contribution in [0.15, 0.2) is 84.4 Å². The zero-order valence-corrected chi connectivity index (χ0v) is 25.3. The van der Waals surface area contributed by atoms with Crippen molar-refractivity contribution in [2.75, 3.05) is 0 Å². The van der Waals surface area contributed by atoms with Gasteiger partial charge in [0.05, 0.1) is 33.7 Å². The van der Waals surface area contributed by atoms with Crippen molar-refractivity contribution < 1.29 is 14.7 Å². The molecule has 0 unspecified atom stereocenters. The lowest BCUT2D eigenvalue weighted by molar-refractivity contribution is -0.118. The van der Waals surface area contributed by atoms with Crippen LogP contribution in [-0.4, -0.2) is 47.0 Å². The lowest BCUT2D eigenvalue weighted by Crippen LogP contribution is -2.63. The van der Waals surface area contributed by atoms with Gasteiger partial charge in [-0.25, -0.2) is 9.97 Å². The predicted molar refractivity (Wildman–Crippen MR) is 170 cm³/mol. The largest absolute Gasteiger partial charge is 0.390 e. The molecule has 0 radical (unpaired) electrons. The van der Waals surface area contributed by atoms with E-state index in [0.717, 1.165) is 49.6 Å². The van der Waals surface area contributed by atoms with Crippen molar-refractivity contribution in [1.82, 2.24) is 24.5 Å². The molecule has 2 aromatic carbocycles. The van der Waals surface area contributed by atoms with Crippen LogP contribution in [0.1, 0.15) is 71.5 Å². The molecule has 44 heavy (non-hydrogen) atoms. The standard InChI is InChI=1S/C35H29N5O3S/c1-20(2)27-16-29-36-17-22-15-26(28-9-6-14-44-28)30(37-31(22)40(29)38-27)21-10-12-23(13-11-21)35(18-34(3,43)19-35)39-32(41)24-7-4-5-8-25(24)33(39)42/h4-17,20,43H,18-19H2,1-3H3/t34-,35-. The summed E-state index contributed by atoms with van der Waals surface area (Å²) in [6, 6.07) is 23.1. The molecule has 8 rings (SSSR count). The van der Waals surface area contributed by atoms with E-state index in [9.17, 15) is 14.7 Å². The van der Waals surface area contributed by atoms with Gasteiger partial charge >= 0.3 is 0 Å². The van der Waals surface area contributed by atoms with Gasteiger partial charge in [-0.1, -0.05) is 56.3 Å². The van der Waals surface area contributed by atoms with Gasteiger partial charge in [0, 0.05) is 46.5 Å². The van der Waals surface area contributed by atoms with E-state index < -0.39 is 11.1 Å². The second-order valence-corrected chi connectivity index (χ2v) is 13.4. The van der Waals surface area contributed by atoms with Gasteiger partial charge in [-0.05, 0) is 48.1 Å². The van der Waals surface area contributed by atoms with Crippen LogP contribution in [0.5, 0.6) is 0 Å². The number of fused-ring (bicyclic) bond motifs is 4. The molecule has 0 spiro atoms. The van der Waals surface area contributed by atoms with Crippen LogP contribution in [0.2, 0.25) is 0 Å². The summed E-state index contributed by atoms with van der Waals surface area (Å²) in [4.78, 5) is 39.4. The number of hydrogen-bond donors (Lipinski definition) is 1. The van der Waals surface area contributed by atoms with Crippen LogP contribution in [0, 0.1) is 0 Å². The quantitative estimate of drug-likeness (QED) is 0.218. The Morgan fingerprint density at radius 1 is 0.909 bits per heavy atom. The number of aromatic nitrogens is 4. The highest BCUT2D eigenvalue weighted by Gasteiger charge is 2.60. The van der Waals surface area contributed by atoms with Gasteiger partial charge in [0.25, 0.3) is 11.8 Å². The Bertz CT molecular complexity index is 2090. The summed E-state index contributed by atoms with van der Waals surface area (Å²) in [7, 11) is 0. The smallest absolute Gasteiger partial charge is 0.262 e. The molecule has 0 bridgehead atoms. The molecule has 1 aliphatic carbocycles. The number of thiophene rings is 1. The minimum Gasteiger partial charge on any atom is -0.390 e. The van der Waals surface area contributed by atoms with Crippen LogP contribution in [0.4, 0.5) is 0 Å². The third kappa shape index (κ3) is 3.89. The van der Waals surface area contributed by atoms with Crippen molar-refractivity contribution in [3.8, 4) is 21.7 Å². The maximum Gasteiger partial charge on any atom is 0.262 e. The highest BCUT2D eigenvalue weighted by molar-refractivity contribution is 7.13. The molecule has 1 N–H and O–H groups in total. The minimum atomic E-state index is -0.988. The number of carbonyl (C=O) groups excluding carboxylic acids is 2. The Hall–Kier alpha value is -4.73. The van der Waals surface area contributed by atoms with Crippen LogP contribution in [0.3, 0.4) is 0 Å². The second-order valence-electron chi connectivity index (χ2n) is 12.5.